The summed E-state index contributed by atoms with van der Waals surface area (Å²) in [4.78, 5) is 12.0. The Bertz CT molecular complexity index is 278. The minimum Gasteiger partial charge on any atom is -0.355 e. The fourth-order valence-corrected chi connectivity index (χ4v) is 2.77. The Hall–Kier alpha value is -0.570. The van der Waals surface area contributed by atoms with Crippen molar-refractivity contribution in [3.8, 4) is 0 Å². The Morgan fingerprint density at radius 3 is 2.42 bits per heavy atom. The highest BCUT2D eigenvalue weighted by molar-refractivity contribution is 5.81. The van der Waals surface area contributed by atoms with Gasteiger partial charge in [0.15, 0.2) is 0 Å². The molecule has 1 rings (SSSR count). The van der Waals surface area contributed by atoms with Gasteiger partial charge in [-0.3, -0.25) is 4.79 Å². The highest BCUT2D eigenvalue weighted by Gasteiger charge is 2.26. The molecular formula is C16H32N2O. The minimum absolute atomic E-state index is 0.0715. The minimum atomic E-state index is -0.0715. The molecule has 0 aromatic rings. The molecule has 4 atom stereocenters. The molecule has 0 aromatic carbocycles. The number of carbonyl (C=O) groups excluding carboxylic acids is 1. The lowest BCUT2D eigenvalue weighted by Gasteiger charge is -2.34. The Labute approximate surface area is 118 Å². The van der Waals surface area contributed by atoms with Crippen LogP contribution in [0.5, 0.6) is 0 Å². The van der Waals surface area contributed by atoms with Crippen LogP contribution in [0.3, 0.4) is 0 Å². The van der Waals surface area contributed by atoms with Crippen molar-refractivity contribution in [2.24, 2.45) is 17.8 Å². The third kappa shape index (κ3) is 5.94. The van der Waals surface area contributed by atoms with Crippen LogP contribution < -0.4 is 10.6 Å². The van der Waals surface area contributed by atoms with Gasteiger partial charge >= 0.3 is 0 Å². The molecule has 19 heavy (non-hydrogen) atoms. The SMILES string of the molecule is CC(C)CCNC(=O)C(C)NC1CCC(C)C(C)C1. The van der Waals surface area contributed by atoms with Gasteiger partial charge in [-0.1, -0.05) is 27.7 Å². The fourth-order valence-electron chi connectivity index (χ4n) is 2.77. The molecule has 3 heteroatoms. The van der Waals surface area contributed by atoms with Gasteiger partial charge in [-0.15, -0.1) is 0 Å². The van der Waals surface area contributed by atoms with E-state index in [1.807, 2.05) is 6.92 Å². The molecule has 2 N–H and O–H groups in total. The zero-order valence-electron chi connectivity index (χ0n) is 13.3. The molecule has 1 amide bonds. The first kappa shape index (κ1) is 16.5. The maximum absolute atomic E-state index is 12.0. The summed E-state index contributed by atoms with van der Waals surface area (Å²) >= 11 is 0. The van der Waals surface area contributed by atoms with Crippen LogP contribution in [0, 0.1) is 17.8 Å². The predicted molar refractivity (Wildman–Crippen MR) is 81.0 cm³/mol. The van der Waals surface area contributed by atoms with Crippen molar-refractivity contribution in [3.63, 3.8) is 0 Å². The van der Waals surface area contributed by atoms with Gasteiger partial charge in [-0.25, -0.2) is 0 Å². The molecule has 0 aliphatic heterocycles. The zero-order chi connectivity index (χ0) is 14.4. The lowest BCUT2D eigenvalue weighted by Crippen LogP contribution is -2.48. The van der Waals surface area contributed by atoms with Gasteiger partial charge in [0, 0.05) is 12.6 Å². The van der Waals surface area contributed by atoms with Crippen LogP contribution in [0.2, 0.25) is 0 Å². The van der Waals surface area contributed by atoms with Crippen molar-refractivity contribution in [2.75, 3.05) is 6.54 Å². The summed E-state index contributed by atoms with van der Waals surface area (Å²) in [5.74, 6) is 2.38. The van der Waals surface area contributed by atoms with Crippen LogP contribution in [0.1, 0.15) is 60.3 Å². The molecular weight excluding hydrogens is 236 g/mol. The van der Waals surface area contributed by atoms with E-state index in [0.29, 0.717) is 12.0 Å². The normalized spacial score (nSPS) is 29.3. The summed E-state index contributed by atoms with van der Waals surface area (Å²) < 4.78 is 0. The number of amides is 1. The van der Waals surface area contributed by atoms with E-state index >= 15 is 0 Å². The lowest BCUT2D eigenvalue weighted by molar-refractivity contribution is -0.123. The van der Waals surface area contributed by atoms with Gasteiger partial charge in [0.25, 0.3) is 0 Å². The number of carbonyl (C=O) groups is 1. The quantitative estimate of drug-likeness (QED) is 0.777. The molecule has 0 bridgehead atoms. The Morgan fingerprint density at radius 2 is 1.84 bits per heavy atom. The third-order valence-electron chi connectivity index (χ3n) is 4.50. The second-order valence-corrected chi connectivity index (χ2v) is 6.83. The molecule has 0 radical (unpaired) electrons. The monoisotopic (exact) mass is 268 g/mol. The summed E-state index contributed by atoms with van der Waals surface area (Å²) in [5.41, 5.74) is 0. The van der Waals surface area contributed by atoms with Gasteiger partial charge in [-0.05, 0) is 50.4 Å². The van der Waals surface area contributed by atoms with E-state index in [0.717, 1.165) is 24.8 Å². The molecule has 0 saturated heterocycles. The number of rotatable bonds is 6. The maximum Gasteiger partial charge on any atom is 0.236 e. The van der Waals surface area contributed by atoms with Gasteiger partial charge in [0.2, 0.25) is 5.91 Å². The van der Waals surface area contributed by atoms with Crippen LogP contribution in [0.25, 0.3) is 0 Å². The standard InChI is InChI=1S/C16H32N2O/c1-11(2)8-9-17-16(19)14(5)18-15-7-6-12(3)13(4)10-15/h11-15,18H,6-10H2,1-5H3,(H,17,19). The first-order valence-electron chi connectivity index (χ1n) is 7.94. The van der Waals surface area contributed by atoms with Gasteiger partial charge in [-0.2, -0.15) is 0 Å². The second-order valence-electron chi connectivity index (χ2n) is 6.83. The van der Waals surface area contributed by atoms with E-state index < -0.39 is 0 Å². The first-order valence-corrected chi connectivity index (χ1v) is 7.94. The molecule has 0 spiro atoms. The highest BCUT2D eigenvalue weighted by Crippen LogP contribution is 2.29. The summed E-state index contributed by atoms with van der Waals surface area (Å²) in [5, 5.41) is 6.52. The first-order chi connectivity index (χ1) is 8.90. The molecule has 1 aliphatic rings. The number of hydrogen-bond donors (Lipinski definition) is 2. The average molecular weight is 268 g/mol. The van der Waals surface area contributed by atoms with E-state index in [1.165, 1.54) is 19.3 Å². The van der Waals surface area contributed by atoms with Gasteiger partial charge < -0.3 is 10.6 Å². The lowest BCUT2D eigenvalue weighted by atomic mass is 9.79. The molecule has 4 unspecified atom stereocenters. The third-order valence-corrected chi connectivity index (χ3v) is 4.50. The van der Waals surface area contributed by atoms with Crippen molar-refractivity contribution < 1.29 is 4.79 Å². The molecule has 1 aliphatic carbocycles. The topological polar surface area (TPSA) is 41.1 Å². The van der Waals surface area contributed by atoms with Crippen LogP contribution in [-0.2, 0) is 4.79 Å². The smallest absolute Gasteiger partial charge is 0.236 e. The maximum atomic E-state index is 12.0. The number of hydrogen-bond acceptors (Lipinski definition) is 2. The van der Waals surface area contributed by atoms with Crippen LogP contribution in [-0.4, -0.2) is 24.5 Å². The number of nitrogens with one attached hydrogen (secondary N) is 2. The van der Waals surface area contributed by atoms with Crippen LogP contribution in [0.15, 0.2) is 0 Å². The summed E-state index contributed by atoms with van der Waals surface area (Å²) in [6, 6.07) is 0.440. The van der Waals surface area contributed by atoms with E-state index in [2.05, 4.69) is 38.3 Å². The van der Waals surface area contributed by atoms with Crippen LogP contribution >= 0.6 is 0 Å². The molecule has 0 aromatic heterocycles. The van der Waals surface area contributed by atoms with E-state index in [1.54, 1.807) is 0 Å². The predicted octanol–water partition coefficient (Wildman–Crippen LogP) is 2.95. The van der Waals surface area contributed by atoms with Crippen molar-refractivity contribution >= 4 is 5.91 Å². The Balaban J connectivity index is 2.26. The molecule has 1 saturated carbocycles. The zero-order valence-corrected chi connectivity index (χ0v) is 13.3. The van der Waals surface area contributed by atoms with Gasteiger partial charge in [0.05, 0.1) is 6.04 Å². The molecule has 0 heterocycles. The van der Waals surface area contributed by atoms with Crippen molar-refractivity contribution in [1.82, 2.24) is 10.6 Å². The van der Waals surface area contributed by atoms with Crippen molar-refractivity contribution in [2.45, 2.75) is 72.4 Å². The summed E-state index contributed by atoms with van der Waals surface area (Å²) in [7, 11) is 0. The molecule has 3 nitrogen and oxygen atoms in total. The Kier molecular flexibility index (Phi) is 6.84. The van der Waals surface area contributed by atoms with E-state index in [9.17, 15) is 4.79 Å². The van der Waals surface area contributed by atoms with Crippen LogP contribution in [0.4, 0.5) is 0 Å². The van der Waals surface area contributed by atoms with E-state index in [-0.39, 0.29) is 11.9 Å². The molecule has 1 fully saturated rings. The van der Waals surface area contributed by atoms with E-state index in [4.69, 9.17) is 0 Å². The summed E-state index contributed by atoms with van der Waals surface area (Å²) in [6.07, 6.45) is 4.73. The second kappa shape index (κ2) is 7.88. The largest absolute Gasteiger partial charge is 0.355 e. The fraction of sp³-hybridized carbons (Fsp3) is 0.938. The molecule has 112 valence electrons. The average Bonchev–Trinajstić information content (AvgIpc) is 2.33. The summed E-state index contributed by atoms with van der Waals surface area (Å²) in [6.45, 7) is 11.8. The highest BCUT2D eigenvalue weighted by atomic mass is 16.2. The van der Waals surface area contributed by atoms with Crippen molar-refractivity contribution in [3.05, 3.63) is 0 Å². The van der Waals surface area contributed by atoms with Gasteiger partial charge in [0.1, 0.15) is 0 Å². The van der Waals surface area contributed by atoms with Crippen molar-refractivity contribution in [1.29, 1.82) is 0 Å². The Morgan fingerprint density at radius 1 is 1.16 bits per heavy atom.